The third-order valence-electron chi connectivity index (χ3n) is 2.61. The van der Waals surface area contributed by atoms with Crippen LogP contribution in [0.3, 0.4) is 0 Å². The lowest BCUT2D eigenvalue weighted by Gasteiger charge is -2.11. The molecular formula is C13H12Cl2N2O2. The number of carbonyl (C=O) groups is 1. The minimum absolute atomic E-state index is 0.108. The van der Waals surface area contributed by atoms with Gasteiger partial charge in [0.1, 0.15) is 10.8 Å². The zero-order valence-corrected chi connectivity index (χ0v) is 11.4. The smallest absolute Gasteiger partial charge is 0.267 e. The maximum atomic E-state index is 11.8. The quantitative estimate of drug-likeness (QED) is 0.812. The van der Waals surface area contributed by atoms with E-state index in [9.17, 15) is 9.90 Å². The predicted octanol–water partition coefficient (Wildman–Crippen LogP) is 2.78. The van der Waals surface area contributed by atoms with E-state index in [1.807, 2.05) is 18.2 Å². The topological polar surface area (TPSA) is 65.1 Å². The number of rotatable bonds is 4. The van der Waals surface area contributed by atoms with Crippen LogP contribution in [-0.4, -0.2) is 22.5 Å². The van der Waals surface area contributed by atoms with E-state index >= 15 is 0 Å². The van der Waals surface area contributed by atoms with Gasteiger partial charge in [-0.25, -0.2) is 0 Å². The molecule has 1 aromatic heterocycles. The molecule has 100 valence electrons. The number of aliphatic hydroxyl groups excluding tert-OH is 1. The molecule has 1 aromatic carbocycles. The van der Waals surface area contributed by atoms with E-state index in [1.54, 1.807) is 12.1 Å². The molecule has 0 aliphatic rings. The van der Waals surface area contributed by atoms with E-state index < -0.39 is 6.10 Å². The first-order chi connectivity index (χ1) is 9.08. The maximum absolute atomic E-state index is 11.8. The van der Waals surface area contributed by atoms with Gasteiger partial charge in [-0.05, 0) is 11.6 Å². The predicted molar refractivity (Wildman–Crippen MR) is 74.5 cm³/mol. The van der Waals surface area contributed by atoms with Gasteiger partial charge >= 0.3 is 0 Å². The highest BCUT2D eigenvalue weighted by Gasteiger charge is 2.13. The van der Waals surface area contributed by atoms with Gasteiger partial charge in [0.2, 0.25) is 0 Å². The largest absolute Gasteiger partial charge is 0.387 e. The highest BCUT2D eigenvalue weighted by Crippen LogP contribution is 2.21. The van der Waals surface area contributed by atoms with Crippen LogP contribution in [-0.2, 0) is 0 Å². The summed E-state index contributed by atoms with van der Waals surface area (Å²) in [4.78, 5) is 14.4. The van der Waals surface area contributed by atoms with Gasteiger partial charge in [-0.2, -0.15) is 0 Å². The van der Waals surface area contributed by atoms with Crippen molar-refractivity contribution in [1.82, 2.24) is 10.3 Å². The van der Waals surface area contributed by atoms with Gasteiger partial charge in [-0.1, -0.05) is 53.5 Å². The number of hydrogen-bond donors (Lipinski definition) is 3. The number of aliphatic hydroxyl groups is 1. The first kappa shape index (κ1) is 13.9. The van der Waals surface area contributed by atoms with Gasteiger partial charge < -0.3 is 15.4 Å². The summed E-state index contributed by atoms with van der Waals surface area (Å²) in [6.07, 6.45) is -0.758. The van der Waals surface area contributed by atoms with E-state index in [2.05, 4.69) is 10.3 Å². The molecule has 0 aliphatic carbocycles. The minimum atomic E-state index is -0.758. The summed E-state index contributed by atoms with van der Waals surface area (Å²) in [5, 5.41) is 13.0. The Morgan fingerprint density at radius 1 is 1.32 bits per heavy atom. The number of aromatic amines is 1. The molecule has 0 bridgehead atoms. The van der Waals surface area contributed by atoms with Crippen molar-refractivity contribution < 1.29 is 9.90 Å². The average Bonchev–Trinajstić information content (AvgIpc) is 2.77. The summed E-state index contributed by atoms with van der Waals surface area (Å²) in [6.45, 7) is 0.108. The fourth-order valence-corrected chi connectivity index (χ4v) is 1.92. The Balaban J connectivity index is 1.94. The van der Waals surface area contributed by atoms with Crippen molar-refractivity contribution in [2.24, 2.45) is 0 Å². The van der Waals surface area contributed by atoms with Crippen molar-refractivity contribution in [3.05, 3.63) is 57.8 Å². The van der Waals surface area contributed by atoms with Crippen molar-refractivity contribution in [1.29, 1.82) is 0 Å². The number of halogens is 2. The molecule has 0 saturated carbocycles. The normalized spacial score (nSPS) is 12.2. The summed E-state index contributed by atoms with van der Waals surface area (Å²) >= 11 is 11.5. The van der Waals surface area contributed by atoms with Gasteiger partial charge in [-0.15, -0.1) is 0 Å². The lowest BCUT2D eigenvalue weighted by molar-refractivity contribution is 0.0912. The van der Waals surface area contributed by atoms with Crippen LogP contribution < -0.4 is 5.32 Å². The first-order valence-electron chi connectivity index (χ1n) is 5.63. The van der Waals surface area contributed by atoms with Gasteiger partial charge in [0.25, 0.3) is 5.91 Å². The van der Waals surface area contributed by atoms with Crippen LogP contribution in [0.2, 0.25) is 10.2 Å². The zero-order chi connectivity index (χ0) is 13.8. The van der Waals surface area contributed by atoms with E-state index in [0.717, 1.165) is 5.56 Å². The second-order valence-corrected chi connectivity index (χ2v) is 4.77. The molecule has 2 aromatic rings. The molecule has 0 radical (unpaired) electrons. The lowest BCUT2D eigenvalue weighted by atomic mass is 10.1. The van der Waals surface area contributed by atoms with E-state index in [1.165, 1.54) is 6.07 Å². The molecular weight excluding hydrogens is 287 g/mol. The molecule has 19 heavy (non-hydrogen) atoms. The highest BCUT2D eigenvalue weighted by atomic mass is 35.5. The van der Waals surface area contributed by atoms with Gasteiger partial charge in [0.05, 0.1) is 11.1 Å². The molecule has 2 rings (SSSR count). The standard InChI is InChI=1S/C13H12Cl2N2O2/c14-9-6-10(17-12(9)15)13(19)16-7-11(18)8-4-2-1-3-5-8/h1-6,11,17-18H,7H2,(H,16,19). The number of carbonyl (C=O) groups excluding carboxylic acids is 1. The Kier molecular flexibility index (Phi) is 4.47. The number of benzene rings is 1. The second kappa shape index (κ2) is 6.10. The van der Waals surface area contributed by atoms with E-state index in [-0.39, 0.29) is 28.3 Å². The lowest BCUT2D eigenvalue weighted by Crippen LogP contribution is -2.28. The van der Waals surface area contributed by atoms with E-state index in [0.29, 0.717) is 0 Å². The fourth-order valence-electron chi connectivity index (χ4n) is 1.60. The Hall–Kier alpha value is -1.49. The minimum Gasteiger partial charge on any atom is -0.387 e. The summed E-state index contributed by atoms with van der Waals surface area (Å²) in [5.41, 5.74) is 1.00. The van der Waals surface area contributed by atoms with Crippen LogP contribution >= 0.6 is 23.2 Å². The monoisotopic (exact) mass is 298 g/mol. The van der Waals surface area contributed by atoms with Crippen molar-refractivity contribution in [2.45, 2.75) is 6.10 Å². The van der Waals surface area contributed by atoms with Crippen LogP contribution in [0.5, 0.6) is 0 Å². The van der Waals surface area contributed by atoms with Crippen LogP contribution in [0.4, 0.5) is 0 Å². The Bertz CT molecular complexity index is 550. The van der Waals surface area contributed by atoms with Crippen LogP contribution in [0, 0.1) is 0 Å². The molecule has 0 aliphatic heterocycles. The van der Waals surface area contributed by atoms with Crippen molar-refractivity contribution >= 4 is 29.1 Å². The molecule has 1 heterocycles. The van der Waals surface area contributed by atoms with Gasteiger partial charge in [-0.3, -0.25) is 4.79 Å². The average molecular weight is 299 g/mol. The molecule has 0 saturated heterocycles. The Labute approximate surface area is 120 Å². The molecule has 1 amide bonds. The number of H-pyrrole nitrogens is 1. The van der Waals surface area contributed by atoms with Crippen LogP contribution in [0.25, 0.3) is 0 Å². The molecule has 1 atom stereocenters. The molecule has 6 heteroatoms. The number of aromatic nitrogens is 1. The second-order valence-electron chi connectivity index (χ2n) is 3.98. The first-order valence-corrected chi connectivity index (χ1v) is 6.38. The van der Waals surface area contributed by atoms with Crippen LogP contribution in [0.15, 0.2) is 36.4 Å². The molecule has 0 fully saturated rings. The van der Waals surface area contributed by atoms with E-state index in [4.69, 9.17) is 23.2 Å². The fraction of sp³-hybridized carbons (Fsp3) is 0.154. The van der Waals surface area contributed by atoms with Crippen molar-refractivity contribution in [3.8, 4) is 0 Å². The molecule has 1 unspecified atom stereocenters. The highest BCUT2D eigenvalue weighted by molar-refractivity contribution is 6.41. The van der Waals surface area contributed by atoms with Gasteiger partial charge in [0, 0.05) is 6.54 Å². The Morgan fingerprint density at radius 3 is 2.58 bits per heavy atom. The SMILES string of the molecule is O=C(NCC(O)c1ccccc1)c1cc(Cl)c(Cl)[nH]1. The third kappa shape index (κ3) is 3.50. The zero-order valence-electron chi connectivity index (χ0n) is 9.86. The third-order valence-corrected chi connectivity index (χ3v) is 3.30. The maximum Gasteiger partial charge on any atom is 0.267 e. The summed E-state index contributed by atoms with van der Waals surface area (Å²) in [7, 11) is 0. The van der Waals surface area contributed by atoms with Crippen LogP contribution in [0.1, 0.15) is 22.2 Å². The summed E-state index contributed by atoms with van der Waals surface area (Å²) in [5.74, 6) is -0.371. The van der Waals surface area contributed by atoms with Crippen molar-refractivity contribution in [3.63, 3.8) is 0 Å². The number of amides is 1. The summed E-state index contributed by atoms with van der Waals surface area (Å²) < 4.78 is 0. The van der Waals surface area contributed by atoms with Crippen molar-refractivity contribution in [2.75, 3.05) is 6.54 Å². The Morgan fingerprint density at radius 2 is 2.00 bits per heavy atom. The summed E-state index contributed by atoms with van der Waals surface area (Å²) in [6, 6.07) is 10.5. The molecule has 0 spiro atoms. The number of nitrogens with one attached hydrogen (secondary N) is 2. The van der Waals surface area contributed by atoms with Gasteiger partial charge in [0.15, 0.2) is 0 Å². The molecule has 3 N–H and O–H groups in total. The molecule has 4 nitrogen and oxygen atoms in total. The number of hydrogen-bond acceptors (Lipinski definition) is 2.